The van der Waals surface area contributed by atoms with Crippen LogP contribution in [0.15, 0.2) is 0 Å². The van der Waals surface area contributed by atoms with Crippen molar-refractivity contribution in [2.45, 2.75) is 39.3 Å². The lowest BCUT2D eigenvalue weighted by Gasteiger charge is -2.09. The summed E-state index contributed by atoms with van der Waals surface area (Å²) in [5, 5.41) is 10.3. The van der Waals surface area contributed by atoms with E-state index in [4.69, 9.17) is 0 Å². The van der Waals surface area contributed by atoms with E-state index in [1.54, 1.807) is 20.8 Å². The number of hydrogen-bond acceptors (Lipinski definition) is 4. The van der Waals surface area contributed by atoms with Gasteiger partial charge in [0.05, 0.1) is 6.10 Å². The molecular weight excluding hydrogens is 162 g/mol. The topological polar surface area (TPSA) is 69.4 Å². The molecule has 1 unspecified atom stereocenters. The van der Waals surface area contributed by atoms with Gasteiger partial charge in [-0.25, -0.2) is 4.79 Å². The zero-order chi connectivity index (χ0) is 9.72. The molecule has 0 radical (unpaired) electrons. The van der Waals surface area contributed by atoms with Crippen LogP contribution in [-0.4, -0.2) is 23.0 Å². The summed E-state index contributed by atoms with van der Waals surface area (Å²) in [6.45, 7) is 4.89. The molecule has 0 aliphatic heterocycles. The van der Waals surface area contributed by atoms with Crippen LogP contribution in [0.3, 0.4) is 0 Å². The van der Waals surface area contributed by atoms with Gasteiger partial charge in [0.15, 0.2) is 0 Å². The Bertz CT molecular complexity index is 178. The van der Waals surface area contributed by atoms with Crippen LogP contribution in [0.4, 0.5) is 0 Å². The molecule has 1 atom stereocenters. The standard InChI is InChI=1S/C7H13NO4/c1-4-6(8(10)11)7(9)12-5(2)3/h5-6H,4H2,1-3H3. The number of rotatable bonds is 4. The van der Waals surface area contributed by atoms with Crippen LogP contribution in [0, 0.1) is 10.1 Å². The first-order chi connectivity index (χ1) is 5.49. The molecule has 0 aliphatic carbocycles. The van der Waals surface area contributed by atoms with Gasteiger partial charge in [0.1, 0.15) is 0 Å². The predicted molar refractivity (Wildman–Crippen MR) is 42.3 cm³/mol. The van der Waals surface area contributed by atoms with Crippen LogP contribution in [0.1, 0.15) is 27.2 Å². The van der Waals surface area contributed by atoms with Crippen molar-refractivity contribution in [3.8, 4) is 0 Å². The molecule has 0 rings (SSSR count). The van der Waals surface area contributed by atoms with Gasteiger partial charge >= 0.3 is 12.0 Å². The van der Waals surface area contributed by atoms with Crippen LogP contribution in [0.5, 0.6) is 0 Å². The number of ether oxygens (including phenoxy) is 1. The van der Waals surface area contributed by atoms with Crippen LogP contribution in [-0.2, 0) is 9.53 Å². The maximum atomic E-state index is 11.0. The fourth-order valence-electron chi connectivity index (χ4n) is 0.713. The Labute approximate surface area is 70.9 Å². The molecule has 70 valence electrons. The van der Waals surface area contributed by atoms with E-state index in [-0.39, 0.29) is 12.5 Å². The highest BCUT2D eigenvalue weighted by Crippen LogP contribution is 2.01. The average Bonchev–Trinajstić information content (AvgIpc) is 1.85. The van der Waals surface area contributed by atoms with E-state index >= 15 is 0 Å². The number of hydrogen-bond donors (Lipinski definition) is 0. The van der Waals surface area contributed by atoms with Gasteiger partial charge < -0.3 is 4.74 Å². The van der Waals surface area contributed by atoms with Crippen LogP contribution in [0.2, 0.25) is 0 Å². The molecule has 0 spiro atoms. The molecule has 0 fully saturated rings. The summed E-state index contributed by atoms with van der Waals surface area (Å²) in [6.07, 6.45) is -0.134. The fourth-order valence-corrected chi connectivity index (χ4v) is 0.713. The Balaban J connectivity index is 4.13. The van der Waals surface area contributed by atoms with E-state index in [0.717, 1.165) is 0 Å². The van der Waals surface area contributed by atoms with Crippen LogP contribution >= 0.6 is 0 Å². The summed E-state index contributed by atoms with van der Waals surface area (Å²) in [5.41, 5.74) is 0. The molecule has 0 heterocycles. The lowest BCUT2D eigenvalue weighted by atomic mass is 10.2. The number of carbonyl (C=O) groups is 1. The molecule has 0 aliphatic rings. The van der Waals surface area contributed by atoms with Gasteiger partial charge in [-0.15, -0.1) is 0 Å². The molecule has 0 aromatic heterocycles. The second kappa shape index (κ2) is 4.69. The van der Waals surface area contributed by atoms with E-state index in [1.807, 2.05) is 0 Å². The summed E-state index contributed by atoms with van der Waals surface area (Å²) < 4.78 is 4.68. The Morgan fingerprint density at radius 2 is 2.08 bits per heavy atom. The number of esters is 1. The minimum absolute atomic E-state index is 0.165. The fraction of sp³-hybridized carbons (Fsp3) is 0.857. The van der Waals surface area contributed by atoms with E-state index < -0.39 is 16.9 Å². The molecular formula is C7H13NO4. The number of nitrogens with zero attached hydrogens (tertiary/aromatic N) is 1. The first-order valence-electron chi connectivity index (χ1n) is 3.83. The second-order valence-electron chi connectivity index (χ2n) is 2.70. The average molecular weight is 175 g/mol. The Hall–Kier alpha value is -1.13. The van der Waals surface area contributed by atoms with Gasteiger partial charge in [0.2, 0.25) is 0 Å². The van der Waals surface area contributed by atoms with Crippen LogP contribution in [0.25, 0.3) is 0 Å². The summed E-state index contributed by atoms with van der Waals surface area (Å²) in [7, 11) is 0. The lowest BCUT2D eigenvalue weighted by molar-refractivity contribution is -0.511. The molecule has 5 nitrogen and oxygen atoms in total. The number of carbonyl (C=O) groups excluding carboxylic acids is 1. The molecule has 0 aromatic carbocycles. The Morgan fingerprint density at radius 1 is 1.58 bits per heavy atom. The summed E-state index contributed by atoms with van der Waals surface area (Å²) in [6, 6.07) is -1.22. The smallest absolute Gasteiger partial charge is 0.381 e. The van der Waals surface area contributed by atoms with E-state index in [1.165, 1.54) is 0 Å². The minimum Gasteiger partial charge on any atom is -0.458 e. The summed E-state index contributed by atoms with van der Waals surface area (Å²) >= 11 is 0. The number of nitro groups is 1. The highest BCUT2D eigenvalue weighted by Gasteiger charge is 2.29. The van der Waals surface area contributed by atoms with Crippen molar-refractivity contribution in [2.24, 2.45) is 0 Å². The molecule has 0 N–H and O–H groups in total. The lowest BCUT2D eigenvalue weighted by Crippen LogP contribution is -2.32. The summed E-state index contributed by atoms with van der Waals surface area (Å²) in [4.78, 5) is 20.6. The Morgan fingerprint density at radius 3 is 2.33 bits per heavy atom. The van der Waals surface area contributed by atoms with Gasteiger partial charge in [-0.2, -0.15) is 0 Å². The SMILES string of the molecule is CCC(C(=O)OC(C)C)[N+](=O)[O-]. The molecule has 0 saturated carbocycles. The van der Waals surface area contributed by atoms with E-state index in [0.29, 0.717) is 0 Å². The molecule has 5 heteroatoms. The second-order valence-corrected chi connectivity index (χ2v) is 2.70. The molecule has 0 bridgehead atoms. The van der Waals surface area contributed by atoms with Crippen molar-refractivity contribution in [3.63, 3.8) is 0 Å². The maximum Gasteiger partial charge on any atom is 0.381 e. The monoisotopic (exact) mass is 175 g/mol. The van der Waals surface area contributed by atoms with Crippen LogP contribution < -0.4 is 0 Å². The van der Waals surface area contributed by atoms with Gasteiger partial charge in [-0.1, -0.05) is 6.92 Å². The molecule has 12 heavy (non-hydrogen) atoms. The third-order valence-corrected chi connectivity index (χ3v) is 1.27. The van der Waals surface area contributed by atoms with Gasteiger partial charge in [-0.3, -0.25) is 10.1 Å². The molecule has 0 aromatic rings. The zero-order valence-corrected chi connectivity index (χ0v) is 7.44. The van der Waals surface area contributed by atoms with Gasteiger partial charge in [0, 0.05) is 11.3 Å². The van der Waals surface area contributed by atoms with E-state index in [2.05, 4.69) is 4.74 Å². The highest BCUT2D eigenvalue weighted by molar-refractivity contribution is 5.74. The van der Waals surface area contributed by atoms with Crippen molar-refractivity contribution in [2.75, 3.05) is 0 Å². The highest BCUT2D eigenvalue weighted by atomic mass is 16.6. The molecule has 0 saturated heterocycles. The van der Waals surface area contributed by atoms with Crippen molar-refractivity contribution >= 4 is 5.97 Å². The summed E-state index contributed by atoms with van der Waals surface area (Å²) in [5.74, 6) is -0.752. The predicted octanol–water partition coefficient (Wildman–Crippen LogP) is 0.993. The van der Waals surface area contributed by atoms with Gasteiger partial charge in [-0.05, 0) is 13.8 Å². The minimum atomic E-state index is -1.22. The van der Waals surface area contributed by atoms with Crippen molar-refractivity contribution in [1.29, 1.82) is 0 Å². The van der Waals surface area contributed by atoms with E-state index in [9.17, 15) is 14.9 Å². The normalized spacial score (nSPS) is 12.7. The zero-order valence-electron chi connectivity index (χ0n) is 7.44. The maximum absolute atomic E-state index is 11.0. The van der Waals surface area contributed by atoms with Gasteiger partial charge in [0.25, 0.3) is 0 Å². The largest absolute Gasteiger partial charge is 0.458 e. The first kappa shape index (κ1) is 10.9. The molecule has 0 amide bonds. The first-order valence-corrected chi connectivity index (χ1v) is 3.83. The third kappa shape index (κ3) is 3.32. The quantitative estimate of drug-likeness (QED) is 0.363. The third-order valence-electron chi connectivity index (χ3n) is 1.27. The van der Waals surface area contributed by atoms with Crippen molar-refractivity contribution < 1.29 is 14.5 Å². The van der Waals surface area contributed by atoms with Crippen molar-refractivity contribution in [1.82, 2.24) is 0 Å². The Kier molecular flexibility index (Phi) is 4.25. The van der Waals surface area contributed by atoms with Crippen molar-refractivity contribution in [3.05, 3.63) is 10.1 Å².